The van der Waals surface area contributed by atoms with Crippen molar-refractivity contribution in [3.8, 4) is 0 Å². The predicted molar refractivity (Wildman–Crippen MR) is 56.6 cm³/mol. The Morgan fingerprint density at radius 3 is 2.93 bits per heavy atom. The molecule has 0 saturated heterocycles. The van der Waals surface area contributed by atoms with E-state index in [1.807, 2.05) is 12.1 Å². The molecular formula is C12H6NO2. The number of pyridine rings is 1. The van der Waals surface area contributed by atoms with Crippen LogP contribution >= 0.6 is 0 Å². The average Bonchev–Trinajstić information content (AvgIpc) is 2.30. The molecule has 0 aliphatic heterocycles. The van der Waals surface area contributed by atoms with Crippen molar-refractivity contribution < 1.29 is 4.42 Å². The van der Waals surface area contributed by atoms with E-state index in [1.54, 1.807) is 24.3 Å². The number of para-hydroxylation sites is 1. The fourth-order valence-corrected chi connectivity index (χ4v) is 1.59. The molecule has 0 atom stereocenters. The zero-order chi connectivity index (χ0) is 10.3. The summed E-state index contributed by atoms with van der Waals surface area (Å²) in [5.41, 5.74) is 0.844. The summed E-state index contributed by atoms with van der Waals surface area (Å²) in [4.78, 5) is 15.9. The first kappa shape index (κ1) is 8.17. The van der Waals surface area contributed by atoms with E-state index >= 15 is 0 Å². The fraction of sp³-hybridized carbons (Fsp3) is 0. The van der Waals surface area contributed by atoms with Gasteiger partial charge in [-0.2, -0.15) is 0 Å². The molecule has 0 N–H and O–H groups in total. The van der Waals surface area contributed by atoms with Gasteiger partial charge in [-0.1, -0.05) is 12.1 Å². The van der Waals surface area contributed by atoms with Crippen molar-refractivity contribution in [2.45, 2.75) is 0 Å². The van der Waals surface area contributed by atoms with Crippen LogP contribution in [0.3, 0.4) is 0 Å². The first-order valence-corrected chi connectivity index (χ1v) is 4.55. The normalized spacial score (nSPS) is 10.9. The molecule has 2 heterocycles. The number of rotatable bonds is 0. The zero-order valence-electron chi connectivity index (χ0n) is 7.73. The Hall–Kier alpha value is -2.16. The third kappa shape index (κ3) is 1.13. The van der Waals surface area contributed by atoms with Crippen LogP contribution in [-0.4, -0.2) is 4.98 Å². The Morgan fingerprint density at radius 1 is 1.13 bits per heavy atom. The quantitative estimate of drug-likeness (QED) is 0.517. The molecule has 3 aromatic rings. The van der Waals surface area contributed by atoms with Crippen LogP contribution in [-0.2, 0) is 0 Å². The van der Waals surface area contributed by atoms with Gasteiger partial charge in [0.1, 0.15) is 5.58 Å². The van der Waals surface area contributed by atoms with Crippen molar-refractivity contribution in [1.29, 1.82) is 0 Å². The van der Waals surface area contributed by atoms with Crippen LogP contribution in [0.4, 0.5) is 0 Å². The van der Waals surface area contributed by atoms with Crippen molar-refractivity contribution in [1.82, 2.24) is 4.98 Å². The minimum atomic E-state index is -0.0478. The largest absolute Gasteiger partial charge is 0.437 e. The summed E-state index contributed by atoms with van der Waals surface area (Å²) in [6.45, 7) is 0. The van der Waals surface area contributed by atoms with E-state index in [-0.39, 0.29) is 5.43 Å². The summed E-state index contributed by atoms with van der Waals surface area (Å²) >= 11 is 0. The predicted octanol–water partition coefficient (Wildman–Crippen LogP) is 2.14. The molecular weight excluding hydrogens is 190 g/mol. The van der Waals surface area contributed by atoms with Crippen LogP contribution in [0.1, 0.15) is 0 Å². The van der Waals surface area contributed by atoms with E-state index in [4.69, 9.17) is 4.42 Å². The number of hydrogen-bond donors (Lipinski definition) is 0. The molecule has 0 unspecified atom stereocenters. The number of nitrogens with zero attached hydrogens (tertiary/aromatic N) is 1. The van der Waals surface area contributed by atoms with Gasteiger partial charge in [0, 0.05) is 0 Å². The maximum absolute atomic E-state index is 12.0. The molecule has 71 valence electrons. The Balaban J connectivity index is 2.66. The maximum atomic E-state index is 12.0. The van der Waals surface area contributed by atoms with Gasteiger partial charge in [0.2, 0.25) is 11.1 Å². The smallest absolute Gasteiger partial charge is 0.231 e. The second-order valence-corrected chi connectivity index (χ2v) is 3.22. The molecule has 2 aromatic heterocycles. The van der Waals surface area contributed by atoms with Crippen molar-refractivity contribution in [2.24, 2.45) is 0 Å². The minimum absolute atomic E-state index is 0.0478. The number of hydrogen-bond acceptors (Lipinski definition) is 3. The van der Waals surface area contributed by atoms with Crippen LogP contribution in [0, 0.1) is 6.20 Å². The summed E-state index contributed by atoms with van der Waals surface area (Å²) in [6.07, 6.45) is 2.64. The van der Waals surface area contributed by atoms with Gasteiger partial charge >= 0.3 is 0 Å². The van der Waals surface area contributed by atoms with Gasteiger partial charge in [-0.3, -0.25) is 4.79 Å². The van der Waals surface area contributed by atoms with Gasteiger partial charge in [-0.15, -0.1) is 0 Å². The van der Waals surface area contributed by atoms with Crippen LogP contribution in [0.25, 0.3) is 22.1 Å². The van der Waals surface area contributed by atoms with Crippen LogP contribution < -0.4 is 5.43 Å². The van der Waals surface area contributed by atoms with Crippen molar-refractivity contribution in [3.05, 3.63) is 52.8 Å². The summed E-state index contributed by atoms with van der Waals surface area (Å²) in [6, 6.07) is 10.4. The van der Waals surface area contributed by atoms with Crippen LogP contribution in [0.15, 0.2) is 45.6 Å². The lowest BCUT2D eigenvalue weighted by molar-refractivity contribution is 0.644. The molecule has 0 aliphatic carbocycles. The lowest BCUT2D eigenvalue weighted by Crippen LogP contribution is -2.02. The molecule has 3 nitrogen and oxygen atoms in total. The third-order valence-electron chi connectivity index (χ3n) is 2.30. The highest BCUT2D eigenvalue weighted by Crippen LogP contribution is 2.15. The zero-order valence-corrected chi connectivity index (χ0v) is 7.73. The van der Waals surface area contributed by atoms with E-state index in [1.165, 1.54) is 0 Å². The second kappa shape index (κ2) is 2.92. The summed E-state index contributed by atoms with van der Waals surface area (Å²) in [5.74, 6) is 0. The molecule has 0 saturated carbocycles. The van der Waals surface area contributed by atoms with Crippen molar-refractivity contribution in [2.75, 3.05) is 0 Å². The van der Waals surface area contributed by atoms with Gasteiger partial charge in [0.25, 0.3) is 0 Å². The maximum Gasteiger partial charge on any atom is 0.231 e. The molecule has 0 bridgehead atoms. The molecule has 3 heteroatoms. The average molecular weight is 196 g/mol. The molecule has 1 aromatic carbocycles. The Kier molecular flexibility index (Phi) is 1.59. The van der Waals surface area contributed by atoms with Crippen molar-refractivity contribution in [3.63, 3.8) is 0 Å². The summed E-state index contributed by atoms with van der Waals surface area (Å²) in [7, 11) is 0. The number of aromatic nitrogens is 1. The van der Waals surface area contributed by atoms with Crippen molar-refractivity contribution >= 4 is 22.1 Å². The van der Waals surface area contributed by atoms with Gasteiger partial charge < -0.3 is 4.42 Å². The first-order chi connectivity index (χ1) is 7.36. The molecule has 0 amide bonds. The third-order valence-corrected chi connectivity index (χ3v) is 2.30. The van der Waals surface area contributed by atoms with Crippen LogP contribution in [0.2, 0.25) is 0 Å². The van der Waals surface area contributed by atoms with E-state index in [9.17, 15) is 4.79 Å². The molecule has 1 radical (unpaired) electrons. The minimum Gasteiger partial charge on any atom is -0.437 e. The highest BCUT2D eigenvalue weighted by molar-refractivity contribution is 5.87. The standard InChI is InChI=1S/C12H6NO2/c14-11-8-4-1-2-6-10(8)15-12-9(11)5-3-7-13-12/h1-6H. The summed E-state index contributed by atoms with van der Waals surface area (Å²) < 4.78 is 5.48. The number of fused-ring (bicyclic) bond motifs is 2. The highest BCUT2D eigenvalue weighted by atomic mass is 16.3. The van der Waals surface area contributed by atoms with E-state index in [2.05, 4.69) is 11.2 Å². The lowest BCUT2D eigenvalue weighted by Gasteiger charge is -1.98. The molecule has 15 heavy (non-hydrogen) atoms. The van der Waals surface area contributed by atoms with Crippen LogP contribution in [0.5, 0.6) is 0 Å². The topological polar surface area (TPSA) is 43.1 Å². The van der Waals surface area contributed by atoms with Gasteiger partial charge in [-0.25, -0.2) is 4.98 Å². The Morgan fingerprint density at radius 2 is 2.00 bits per heavy atom. The molecule has 0 spiro atoms. The number of benzene rings is 1. The molecule has 3 rings (SSSR count). The monoisotopic (exact) mass is 196 g/mol. The van der Waals surface area contributed by atoms with E-state index in [0.29, 0.717) is 22.1 Å². The Labute approximate surface area is 85.0 Å². The molecule has 0 aliphatic rings. The lowest BCUT2D eigenvalue weighted by atomic mass is 10.2. The first-order valence-electron chi connectivity index (χ1n) is 4.55. The Bertz CT molecular complexity index is 643. The van der Waals surface area contributed by atoms with E-state index < -0.39 is 0 Å². The second-order valence-electron chi connectivity index (χ2n) is 3.22. The van der Waals surface area contributed by atoms with Gasteiger partial charge in [0.15, 0.2) is 0 Å². The van der Waals surface area contributed by atoms with E-state index in [0.717, 1.165) is 0 Å². The molecule has 0 fully saturated rings. The summed E-state index contributed by atoms with van der Waals surface area (Å²) in [5, 5.41) is 1.07. The highest BCUT2D eigenvalue weighted by Gasteiger charge is 2.06. The SMILES string of the molecule is O=c1c2ccccc2oc2n[c]ccc12. The fourth-order valence-electron chi connectivity index (χ4n) is 1.59. The van der Waals surface area contributed by atoms with Gasteiger partial charge in [-0.05, 0) is 24.3 Å². The van der Waals surface area contributed by atoms with Gasteiger partial charge in [0.05, 0.1) is 17.0 Å².